The van der Waals surface area contributed by atoms with Crippen molar-refractivity contribution in [1.29, 1.82) is 0 Å². The van der Waals surface area contributed by atoms with Crippen LogP contribution in [0.15, 0.2) is 28.2 Å². The molecule has 0 amide bonds. The van der Waals surface area contributed by atoms with E-state index in [2.05, 4.69) is 29.8 Å². The van der Waals surface area contributed by atoms with Crippen LogP contribution in [0.4, 0.5) is 0 Å². The summed E-state index contributed by atoms with van der Waals surface area (Å²) in [6.45, 7) is 2.98. The van der Waals surface area contributed by atoms with Gasteiger partial charge in [-0.25, -0.2) is 0 Å². The second-order valence-electron chi connectivity index (χ2n) is 4.36. The van der Waals surface area contributed by atoms with Gasteiger partial charge in [0, 0.05) is 16.5 Å². The van der Waals surface area contributed by atoms with E-state index in [9.17, 15) is 0 Å². The number of thiophene rings is 1. The second-order valence-corrected chi connectivity index (χ2v) is 5.47. The molecule has 16 heavy (non-hydrogen) atoms. The van der Waals surface area contributed by atoms with Crippen molar-refractivity contribution in [2.45, 2.75) is 32.4 Å². The lowest BCUT2D eigenvalue weighted by Crippen LogP contribution is -2.15. The summed E-state index contributed by atoms with van der Waals surface area (Å²) in [5.74, 6) is 1.06. The molecular formula is C13H15NOS. The molecule has 2 heterocycles. The average molecular weight is 233 g/mol. The quantitative estimate of drug-likeness (QED) is 0.873. The zero-order valence-electron chi connectivity index (χ0n) is 9.32. The van der Waals surface area contributed by atoms with Crippen molar-refractivity contribution < 1.29 is 4.42 Å². The van der Waals surface area contributed by atoms with Crippen LogP contribution in [0.3, 0.4) is 0 Å². The number of hydrogen-bond acceptors (Lipinski definition) is 3. The van der Waals surface area contributed by atoms with E-state index in [0.717, 1.165) is 18.3 Å². The minimum atomic E-state index is 0.724. The molecule has 0 saturated heterocycles. The van der Waals surface area contributed by atoms with Crippen LogP contribution in [-0.2, 0) is 6.54 Å². The lowest BCUT2D eigenvalue weighted by Gasteiger charge is -2.02. The fraction of sp³-hybridized carbons (Fsp3) is 0.385. The Kier molecular flexibility index (Phi) is 2.58. The maximum atomic E-state index is 5.55. The molecule has 1 aliphatic rings. The largest absolute Gasteiger partial charge is 0.467 e. The zero-order chi connectivity index (χ0) is 11.0. The highest BCUT2D eigenvalue weighted by Gasteiger charge is 2.21. The zero-order valence-corrected chi connectivity index (χ0v) is 10.1. The molecule has 1 saturated carbocycles. The van der Waals surface area contributed by atoms with Gasteiger partial charge in [-0.15, -0.1) is 11.3 Å². The summed E-state index contributed by atoms with van der Waals surface area (Å²) in [6, 6.07) is 5.00. The Morgan fingerprint density at radius 3 is 3.06 bits per heavy atom. The van der Waals surface area contributed by atoms with Gasteiger partial charge in [0.05, 0.1) is 12.8 Å². The number of rotatable bonds is 4. The molecule has 0 aliphatic heterocycles. The summed E-state index contributed by atoms with van der Waals surface area (Å²) < 4.78 is 5.55. The smallest absolute Gasteiger partial charge is 0.125 e. The first-order valence-corrected chi connectivity index (χ1v) is 6.56. The minimum absolute atomic E-state index is 0.724. The van der Waals surface area contributed by atoms with Crippen LogP contribution in [0.2, 0.25) is 0 Å². The molecular weight excluding hydrogens is 218 g/mol. The Labute approximate surface area is 99.3 Å². The number of hydrogen-bond donors (Lipinski definition) is 1. The Morgan fingerprint density at radius 2 is 2.38 bits per heavy atom. The molecule has 84 valence electrons. The molecule has 3 rings (SSSR count). The average Bonchev–Trinajstić information content (AvgIpc) is 2.82. The predicted molar refractivity (Wildman–Crippen MR) is 66.6 cm³/mol. The molecule has 1 N–H and O–H groups in total. The lowest BCUT2D eigenvalue weighted by atomic mass is 10.1. The Bertz CT molecular complexity index is 482. The molecule has 0 aromatic carbocycles. The van der Waals surface area contributed by atoms with Crippen molar-refractivity contribution in [2.75, 3.05) is 0 Å². The molecule has 3 heteroatoms. The summed E-state index contributed by atoms with van der Waals surface area (Å²) in [5, 5.41) is 5.68. The number of aryl methyl sites for hydroxylation is 1. The Hall–Kier alpha value is -1.06. The van der Waals surface area contributed by atoms with E-state index in [4.69, 9.17) is 4.42 Å². The number of furan rings is 1. The molecule has 2 nitrogen and oxygen atoms in total. The van der Waals surface area contributed by atoms with E-state index in [1.54, 1.807) is 17.6 Å². The van der Waals surface area contributed by atoms with Crippen molar-refractivity contribution >= 4 is 11.3 Å². The second kappa shape index (κ2) is 4.07. The van der Waals surface area contributed by atoms with Gasteiger partial charge in [0.1, 0.15) is 5.76 Å². The maximum absolute atomic E-state index is 5.55. The minimum Gasteiger partial charge on any atom is -0.467 e. The van der Waals surface area contributed by atoms with Crippen molar-refractivity contribution in [3.8, 4) is 11.1 Å². The molecule has 0 atom stereocenters. The van der Waals surface area contributed by atoms with Crippen molar-refractivity contribution in [2.24, 2.45) is 0 Å². The number of nitrogens with one attached hydrogen (secondary N) is 1. The third kappa shape index (κ3) is 2.06. The third-order valence-corrected chi connectivity index (χ3v) is 3.78. The molecule has 2 aromatic rings. The summed E-state index contributed by atoms with van der Waals surface area (Å²) in [6.07, 6.45) is 4.41. The summed E-state index contributed by atoms with van der Waals surface area (Å²) in [5.41, 5.74) is 2.52. The fourth-order valence-electron chi connectivity index (χ4n) is 1.84. The van der Waals surface area contributed by atoms with Gasteiger partial charge in [-0.3, -0.25) is 0 Å². The SMILES string of the molecule is Cc1cc(-c2ccoc2CNC2CC2)cs1. The standard InChI is InChI=1S/C13H15NOS/c1-9-6-10(8-16-9)12-4-5-15-13(12)7-14-11-2-3-11/h4-6,8,11,14H,2-3,7H2,1H3. The molecule has 0 spiro atoms. The first kappa shape index (κ1) is 10.1. The molecule has 0 bridgehead atoms. The van der Waals surface area contributed by atoms with Gasteiger partial charge in [0.2, 0.25) is 0 Å². The summed E-state index contributed by atoms with van der Waals surface area (Å²) in [4.78, 5) is 1.34. The summed E-state index contributed by atoms with van der Waals surface area (Å²) in [7, 11) is 0. The van der Waals surface area contributed by atoms with Gasteiger partial charge in [-0.2, -0.15) is 0 Å². The van der Waals surface area contributed by atoms with Crippen LogP contribution in [0, 0.1) is 6.92 Å². The maximum Gasteiger partial charge on any atom is 0.125 e. The highest BCUT2D eigenvalue weighted by Crippen LogP contribution is 2.29. The molecule has 2 aromatic heterocycles. The van der Waals surface area contributed by atoms with Crippen LogP contribution >= 0.6 is 11.3 Å². The van der Waals surface area contributed by atoms with Crippen LogP contribution in [0.1, 0.15) is 23.5 Å². The van der Waals surface area contributed by atoms with Crippen molar-refractivity contribution in [3.05, 3.63) is 34.4 Å². The van der Waals surface area contributed by atoms with Crippen molar-refractivity contribution in [3.63, 3.8) is 0 Å². The molecule has 0 unspecified atom stereocenters. The van der Waals surface area contributed by atoms with Gasteiger partial charge in [0.25, 0.3) is 0 Å². The predicted octanol–water partition coefficient (Wildman–Crippen LogP) is 3.57. The topological polar surface area (TPSA) is 25.2 Å². The van der Waals surface area contributed by atoms with E-state index >= 15 is 0 Å². The van der Waals surface area contributed by atoms with Crippen molar-refractivity contribution in [1.82, 2.24) is 5.32 Å². The highest BCUT2D eigenvalue weighted by atomic mass is 32.1. The normalized spacial score (nSPS) is 15.6. The van der Waals surface area contributed by atoms with E-state index < -0.39 is 0 Å². The van der Waals surface area contributed by atoms with Crippen LogP contribution < -0.4 is 5.32 Å². The van der Waals surface area contributed by atoms with Crippen LogP contribution in [-0.4, -0.2) is 6.04 Å². The fourth-order valence-corrected chi connectivity index (χ4v) is 2.55. The Morgan fingerprint density at radius 1 is 1.50 bits per heavy atom. The first-order chi connectivity index (χ1) is 7.83. The lowest BCUT2D eigenvalue weighted by molar-refractivity contribution is 0.483. The monoisotopic (exact) mass is 233 g/mol. The van der Waals surface area contributed by atoms with Gasteiger partial charge >= 0.3 is 0 Å². The molecule has 1 aliphatic carbocycles. The molecule has 1 fully saturated rings. The van der Waals surface area contributed by atoms with Gasteiger partial charge in [-0.1, -0.05) is 0 Å². The van der Waals surface area contributed by atoms with Crippen LogP contribution in [0.5, 0.6) is 0 Å². The van der Waals surface area contributed by atoms with Crippen LogP contribution in [0.25, 0.3) is 11.1 Å². The Balaban J connectivity index is 1.80. The van der Waals surface area contributed by atoms with Gasteiger partial charge < -0.3 is 9.73 Å². The van der Waals surface area contributed by atoms with E-state index in [-0.39, 0.29) is 0 Å². The van der Waals surface area contributed by atoms with Gasteiger partial charge in [-0.05, 0) is 42.8 Å². The highest BCUT2D eigenvalue weighted by molar-refractivity contribution is 7.10. The molecule has 0 radical (unpaired) electrons. The van der Waals surface area contributed by atoms with E-state index in [1.807, 2.05) is 0 Å². The van der Waals surface area contributed by atoms with E-state index in [0.29, 0.717) is 0 Å². The summed E-state index contributed by atoms with van der Waals surface area (Å²) >= 11 is 1.79. The third-order valence-electron chi connectivity index (χ3n) is 2.92. The van der Waals surface area contributed by atoms with Gasteiger partial charge in [0.15, 0.2) is 0 Å². The van der Waals surface area contributed by atoms with E-state index in [1.165, 1.54) is 28.8 Å². The first-order valence-electron chi connectivity index (χ1n) is 5.68.